The lowest BCUT2D eigenvalue weighted by atomic mass is 9.93. The molecular formula is C22H27FN2O. The van der Waals surface area contributed by atoms with Crippen LogP contribution < -0.4 is 10.6 Å². The van der Waals surface area contributed by atoms with Gasteiger partial charge in [0, 0.05) is 5.69 Å². The number of carbonyl (C=O) groups is 1. The van der Waals surface area contributed by atoms with Crippen LogP contribution in [-0.2, 0) is 6.42 Å². The van der Waals surface area contributed by atoms with E-state index in [2.05, 4.69) is 56.5 Å². The van der Waals surface area contributed by atoms with E-state index in [1.54, 1.807) is 12.1 Å². The first-order chi connectivity index (χ1) is 12.4. The molecule has 0 bridgehead atoms. The summed E-state index contributed by atoms with van der Waals surface area (Å²) >= 11 is 0. The Hall–Kier alpha value is -2.36. The number of benzene rings is 2. The summed E-state index contributed by atoms with van der Waals surface area (Å²) in [5.74, 6) is 0.416. The highest BCUT2D eigenvalue weighted by Crippen LogP contribution is 2.34. The highest BCUT2D eigenvalue weighted by molar-refractivity contribution is 5.91. The van der Waals surface area contributed by atoms with Crippen molar-refractivity contribution >= 4 is 11.7 Å². The van der Waals surface area contributed by atoms with Crippen LogP contribution >= 0.6 is 0 Å². The number of anilines is 1. The van der Waals surface area contributed by atoms with Crippen molar-refractivity contribution in [2.24, 2.45) is 0 Å². The summed E-state index contributed by atoms with van der Waals surface area (Å²) < 4.78 is 13.4. The predicted octanol–water partition coefficient (Wildman–Crippen LogP) is 5.88. The molecule has 1 aliphatic carbocycles. The third-order valence-electron chi connectivity index (χ3n) is 5.10. The molecule has 138 valence electrons. The van der Waals surface area contributed by atoms with Gasteiger partial charge in [-0.05, 0) is 59.1 Å². The molecule has 0 heterocycles. The van der Waals surface area contributed by atoms with Gasteiger partial charge >= 0.3 is 6.03 Å². The van der Waals surface area contributed by atoms with Gasteiger partial charge in [-0.1, -0.05) is 52.0 Å². The minimum Gasteiger partial charge on any atom is -0.331 e. The van der Waals surface area contributed by atoms with Gasteiger partial charge in [-0.15, -0.1) is 0 Å². The average molecular weight is 354 g/mol. The lowest BCUT2D eigenvalue weighted by Gasteiger charge is -2.22. The Morgan fingerprint density at radius 1 is 1.08 bits per heavy atom. The number of nitrogens with one attached hydrogen (secondary N) is 2. The monoisotopic (exact) mass is 354 g/mol. The van der Waals surface area contributed by atoms with Gasteiger partial charge in [-0.25, -0.2) is 9.18 Å². The highest BCUT2D eigenvalue weighted by Gasteiger charge is 2.25. The number of fused-ring (bicyclic) bond motifs is 1. The van der Waals surface area contributed by atoms with E-state index in [1.165, 1.54) is 6.07 Å². The molecule has 1 aliphatic rings. The van der Waals surface area contributed by atoms with Crippen LogP contribution in [0.15, 0.2) is 36.4 Å². The van der Waals surface area contributed by atoms with Crippen LogP contribution in [0.3, 0.4) is 0 Å². The van der Waals surface area contributed by atoms with Crippen LogP contribution in [0.5, 0.6) is 0 Å². The lowest BCUT2D eigenvalue weighted by molar-refractivity contribution is 0.248. The fraction of sp³-hybridized carbons (Fsp3) is 0.409. The number of para-hydroxylation sites is 1. The van der Waals surface area contributed by atoms with Gasteiger partial charge in [-0.2, -0.15) is 0 Å². The number of urea groups is 1. The number of amides is 2. The minimum atomic E-state index is -0.221. The van der Waals surface area contributed by atoms with E-state index in [4.69, 9.17) is 0 Å². The van der Waals surface area contributed by atoms with E-state index in [9.17, 15) is 9.18 Å². The second-order valence-electron chi connectivity index (χ2n) is 7.65. The molecule has 26 heavy (non-hydrogen) atoms. The Kier molecular flexibility index (Phi) is 5.30. The molecule has 0 aliphatic heterocycles. The molecule has 2 amide bonds. The molecule has 2 aromatic carbocycles. The first-order valence-corrected chi connectivity index (χ1v) is 9.35. The summed E-state index contributed by atoms with van der Waals surface area (Å²) in [7, 11) is 0. The largest absolute Gasteiger partial charge is 0.331 e. The maximum atomic E-state index is 13.4. The minimum absolute atomic E-state index is 0.0701. The first-order valence-electron chi connectivity index (χ1n) is 9.35. The van der Waals surface area contributed by atoms with Gasteiger partial charge in [0.15, 0.2) is 0 Å². The van der Waals surface area contributed by atoms with Crippen molar-refractivity contribution in [2.75, 3.05) is 5.32 Å². The zero-order chi connectivity index (χ0) is 18.8. The van der Waals surface area contributed by atoms with E-state index in [0.29, 0.717) is 11.8 Å². The van der Waals surface area contributed by atoms with Crippen molar-refractivity contribution in [3.05, 3.63) is 64.5 Å². The first kappa shape index (κ1) is 18.4. The number of carbonyl (C=O) groups excluding carboxylic acids is 1. The zero-order valence-corrected chi connectivity index (χ0v) is 15.9. The number of halogens is 1. The van der Waals surface area contributed by atoms with Gasteiger partial charge in [0.05, 0.1) is 6.04 Å². The van der Waals surface area contributed by atoms with Gasteiger partial charge < -0.3 is 10.6 Å². The summed E-state index contributed by atoms with van der Waals surface area (Å²) in [6, 6.07) is 10.7. The normalized spacial score (nSPS) is 16.0. The van der Waals surface area contributed by atoms with E-state index in [-0.39, 0.29) is 17.9 Å². The SMILES string of the molecule is CC(C)c1cccc(C(C)C)c1NC(=O)N[C@@H]1CCc2cc(F)ccc21. The second kappa shape index (κ2) is 7.48. The van der Waals surface area contributed by atoms with Crippen LogP contribution in [0.4, 0.5) is 14.9 Å². The number of aryl methyl sites for hydroxylation is 1. The maximum Gasteiger partial charge on any atom is 0.319 e. The van der Waals surface area contributed by atoms with Gasteiger partial charge in [0.1, 0.15) is 5.82 Å². The third kappa shape index (κ3) is 3.74. The molecule has 4 heteroatoms. The summed E-state index contributed by atoms with van der Waals surface area (Å²) in [4.78, 5) is 12.7. The smallest absolute Gasteiger partial charge is 0.319 e. The molecule has 0 aromatic heterocycles. The Bertz CT molecular complexity index is 788. The summed E-state index contributed by atoms with van der Waals surface area (Å²) in [6.45, 7) is 8.52. The number of hydrogen-bond donors (Lipinski definition) is 2. The molecule has 0 fully saturated rings. The van der Waals surface area contributed by atoms with Crippen molar-refractivity contribution in [3.8, 4) is 0 Å². The van der Waals surface area contributed by atoms with Crippen molar-refractivity contribution < 1.29 is 9.18 Å². The maximum absolute atomic E-state index is 13.4. The molecule has 0 saturated carbocycles. The summed E-state index contributed by atoms with van der Waals surface area (Å²) in [5, 5.41) is 6.15. The van der Waals surface area contributed by atoms with E-state index in [1.807, 2.05) is 0 Å². The van der Waals surface area contributed by atoms with Crippen LogP contribution in [0, 0.1) is 5.82 Å². The molecule has 0 saturated heterocycles. The quantitative estimate of drug-likeness (QED) is 0.707. The summed E-state index contributed by atoms with van der Waals surface area (Å²) in [6.07, 6.45) is 1.59. The van der Waals surface area contributed by atoms with Gasteiger partial charge in [0.2, 0.25) is 0 Å². The Morgan fingerprint density at radius 3 is 2.35 bits per heavy atom. The van der Waals surface area contributed by atoms with Crippen molar-refractivity contribution in [1.29, 1.82) is 0 Å². The third-order valence-corrected chi connectivity index (χ3v) is 5.10. The van der Waals surface area contributed by atoms with E-state index < -0.39 is 0 Å². The van der Waals surface area contributed by atoms with E-state index >= 15 is 0 Å². The molecule has 1 atom stereocenters. The fourth-order valence-corrected chi connectivity index (χ4v) is 3.74. The fourth-order valence-electron chi connectivity index (χ4n) is 3.74. The molecule has 2 N–H and O–H groups in total. The van der Waals surface area contributed by atoms with E-state index in [0.717, 1.165) is 40.8 Å². The number of hydrogen-bond acceptors (Lipinski definition) is 1. The van der Waals surface area contributed by atoms with Crippen LogP contribution in [0.25, 0.3) is 0 Å². The summed E-state index contributed by atoms with van der Waals surface area (Å²) in [5.41, 5.74) is 5.19. The van der Waals surface area contributed by atoms with Crippen LogP contribution in [0.1, 0.15) is 74.2 Å². The van der Waals surface area contributed by atoms with Crippen LogP contribution in [-0.4, -0.2) is 6.03 Å². The van der Waals surface area contributed by atoms with Crippen LogP contribution in [0.2, 0.25) is 0 Å². The standard InChI is InChI=1S/C22H27FN2O/c1-13(2)17-6-5-7-18(14(3)4)21(17)25-22(26)24-20-11-8-15-12-16(23)9-10-19(15)20/h5-7,9-10,12-14,20H,8,11H2,1-4H3,(H2,24,25,26)/t20-/m1/s1. The topological polar surface area (TPSA) is 41.1 Å². The zero-order valence-electron chi connectivity index (χ0n) is 15.9. The second-order valence-corrected chi connectivity index (χ2v) is 7.65. The molecule has 3 nitrogen and oxygen atoms in total. The Labute approximate surface area is 155 Å². The van der Waals surface area contributed by atoms with Crippen molar-refractivity contribution in [2.45, 2.75) is 58.4 Å². The molecule has 3 rings (SSSR count). The lowest BCUT2D eigenvalue weighted by Crippen LogP contribution is -2.32. The highest BCUT2D eigenvalue weighted by atomic mass is 19.1. The molecule has 0 radical (unpaired) electrons. The van der Waals surface area contributed by atoms with Gasteiger partial charge in [-0.3, -0.25) is 0 Å². The average Bonchev–Trinajstić information content (AvgIpc) is 2.96. The Morgan fingerprint density at radius 2 is 1.73 bits per heavy atom. The van der Waals surface area contributed by atoms with Crippen molar-refractivity contribution in [3.63, 3.8) is 0 Å². The molecule has 0 spiro atoms. The predicted molar refractivity (Wildman–Crippen MR) is 104 cm³/mol. The van der Waals surface area contributed by atoms with Gasteiger partial charge in [0.25, 0.3) is 0 Å². The Balaban J connectivity index is 1.80. The molecular weight excluding hydrogens is 327 g/mol. The molecule has 2 aromatic rings. The molecule has 0 unspecified atom stereocenters. The number of rotatable bonds is 4. The van der Waals surface area contributed by atoms with Crippen molar-refractivity contribution in [1.82, 2.24) is 5.32 Å².